The molecule has 0 aliphatic heterocycles. The average molecular weight is 170 g/mol. The van der Waals surface area contributed by atoms with Gasteiger partial charge in [0.15, 0.2) is 0 Å². The molecule has 2 nitrogen and oxygen atoms in total. The Kier molecular flexibility index (Phi) is 3.53. The topological polar surface area (TPSA) is 29.3 Å². The highest BCUT2D eigenvalue weighted by atomic mass is 15.1. The molecule has 1 aliphatic rings. The molecule has 0 bridgehead atoms. The summed E-state index contributed by atoms with van der Waals surface area (Å²) in [6.45, 7) is 6.78. The fourth-order valence-corrected chi connectivity index (χ4v) is 1.66. The van der Waals surface area contributed by atoms with E-state index in [0.717, 1.165) is 24.8 Å². The Morgan fingerprint density at radius 2 is 2.17 bits per heavy atom. The molecule has 3 unspecified atom stereocenters. The predicted molar refractivity (Wildman–Crippen MR) is 53.0 cm³/mol. The predicted octanol–water partition coefficient (Wildman–Crippen LogP) is 1.31. The van der Waals surface area contributed by atoms with E-state index in [9.17, 15) is 0 Å². The van der Waals surface area contributed by atoms with Crippen molar-refractivity contribution in [3.8, 4) is 0 Å². The van der Waals surface area contributed by atoms with Crippen LogP contribution in [0.4, 0.5) is 0 Å². The van der Waals surface area contributed by atoms with Gasteiger partial charge in [-0.05, 0) is 31.7 Å². The molecule has 0 radical (unpaired) electrons. The highest BCUT2D eigenvalue weighted by molar-refractivity contribution is 4.84. The zero-order chi connectivity index (χ0) is 9.14. The van der Waals surface area contributed by atoms with Crippen LogP contribution in [0.3, 0.4) is 0 Å². The Bertz CT molecular complexity index is 130. The van der Waals surface area contributed by atoms with Crippen LogP contribution < -0.4 is 5.73 Å². The number of hydrogen-bond donors (Lipinski definition) is 1. The SMILES string of the molecule is CCC(N)CN(C)CC1CC1C. The number of nitrogens with two attached hydrogens (primary N) is 1. The van der Waals surface area contributed by atoms with Crippen LogP contribution in [-0.4, -0.2) is 31.1 Å². The first kappa shape index (κ1) is 10.0. The molecule has 1 rings (SSSR count). The van der Waals surface area contributed by atoms with Gasteiger partial charge >= 0.3 is 0 Å². The Morgan fingerprint density at radius 1 is 1.58 bits per heavy atom. The zero-order valence-corrected chi connectivity index (χ0v) is 8.59. The van der Waals surface area contributed by atoms with Gasteiger partial charge in [0.2, 0.25) is 0 Å². The molecule has 1 saturated carbocycles. The minimum atomic E-state index is 0.365. The van der Waals surface area contributed by atoms with Crippen molar-refractivity contribution in [3.05, 3.63) is 0 Å². The van der Waals surface area contributed by atoms with E-state index in [1.165, 1.54) is 13.0 Å². The summed E-state index contributed by atoms with van der Waals surface area (Å²) in [5, 5.41) is 0. The largest absolute Gasteiger partial charge is 0.327 e. The summed E-state index contributed by atoms with van der Waals surface area (Å²) in [6, 6.07) is 0.365. The Balaban J connectivity index is 2.07. The maximum atomic E-state index is 5.86. The van der Waals surface area contributed by atoms with Crippen LogP contribution in [0, 0.1) is 11.8 Å². The summed E-state index contributed by atoms with van der Waals surface area (Å²) < 4.78 is 0. The van der Waals surface area contributed by atoms with Crippen LogP contribution in [0.2, 0.25) is 0 Å². The molecular formula is C10H22N2. The first-order chi connectivity index (χ1) is 5.63. The van der Waals surface area contributed by atoms with E-state index < -0.39 is 0 Å². The molecule has 0 aromatic carbocycles. The molecule has 0 heterocycles. The Labute approximate surface area is 76.1 Å². The maximum Gasteiger partial charge on any atom is 0.0165 e. The summed E-state index contributed by atoms with van der Waals surface area (Å²) >= 11 is 0. The number of likely N-dealkylation sites (N-methyl/N-ethyl adjacent to an activating group) is 1. The van der Waals surface area contributed by atoms with E-state index in [0.29, 0.717) is 6.04 Å². The van der Waals surface area contributed by atoms with Gasteiger partial charge < -0.3 is 10.6 Å². The fraction of sp³-hybridized carbons (Fsp3) is 1.00. The molecule has 0 amide bonds. The number of rotatable bonds is 5. The van der Waals surface area contributed by atoms with Crippen LogP contribution in [0.15, 0.2) is 0 Å². The molecule has 72 valence electrons. The number of nitrogens with zero attached hydrogens (tertiary/aromatic N) is 1. The molecule has 0 spiro atoms. The summed E-state index contributed by atoms with van der Waals surface area (Å²) in [6.07, 6.45) is 2.51. The Morgan fingerprint density at radius 3 is 2.58 bits per heavy atom. The van der Waals surface area contributed by atoms with Crippen molar-refractivity contribution in [1.82, 2.24) is 4.90 Å². The third-order valence-electron chi connectivity index (χ3n) is 2.89. The first-order valence-electron chi connectivity index (χ1n) is 5.07. The molecule has 0 saturated heterocycles. The van der Waals surface area contributed by atoms with Crippen molar-refractivity contribution in [2.45, 2.75) is 32.7 Å². The van der Waals surface area contributed by atoms with Crippen LogP contribution in [0.25, 0.3) is 0 Å². The summed E-state index contributed by atoms with van der Waals surface area (Å²) in [5.41, 5.74) is 5.86. The lowest BCUT2D eigenvalue weighted by atomic mass is 10.2. The second kappa shape index (κ2) is 4.24. The second-order valence-corrected chi connectivity index (χ2v) is 4.36. The van der Waals surface area contributed by atoms with Gasteiger partial charge in [-0.25, -0.2) is 0 Å². The van der Waals surface area contributed by atoms with Crippen molar-refractivity contribution in [2.24, 2.45) is 17.6 Å². The van der Waals surface area contributed by atoms with Crippen molar-refractivity contribution >= 4 is 0 Å². The van der Waals surface area contributed by atoms with Gasteiger partial charge in [-0.15, -0.1) is 0 Å². The van der Waals surface area contributed by atoms with Gasteiger partial charge in [-0.2, -0.15) is 0 Å². The van der Waals surface area contributed by atoms with Gasteiger partial charge in [0.1, 0.15) is 0 Å². The number of hydrogen-bond acceptors (Lipinski definition) is 2. The maximum absolute atomic E-state index is 5.86. The smallest absolute Gasteiger partial charge is 0.0165 e. The quantitative estimate of drug-likeness (QED) is 0.674. The van der Waals surface area contributed by atoms with E-state index in [1.54, 1.807) is 0 Å². The van der Waals surface area contributed by atoms with Crippen molar-refractivity contribution in [1.29, 1.82) is 0 Å². The summed E-state index contributed by atoms with van der Waals surface area (Å²) in [5.74, 6) is 1.92. The van der Waals surface area contributed by atoms with Crippen molar-refractivity contribution < 1.29 is 0 Å². The third kappa shape index (κ3) is 3.11. The lowest BCUT2D eigenvalue weighted by molar-refractivity contribution is 0.292. The Hall–Kier alpha value is -0.0800. The lowest BCUT2D eigenvalue weighted by Crippen LogP contribution is -2.35. The van der Waals surface area contributed by atoms with Crippen LogP contribution in [0.5, 0.6) is 0 Å². The highest BCUT2D eigenvalue weighted by Gasteiger charge is 2.33. The zero-order valence-electron chi connectivity index (χ0n) is 8.59. The second-order valence-electron chi connectivity index (χ2n) is 4.36. The van der Waals surface area contributed by atoms with Crippen LogP contribution in [0.1, 0.15) is 26.7 Å². The van der Waals surface area contributed by atoms with Crippen LogP contribution in [-0.2, 0) is 0 Å². The van der Waals surface area contributed by atoms with E-state index in [4.69, 9.17) is 5.73 Å². The first-order valence-corrected chi connectivity index (χ1v) is 5.07. The monoisotopic (exact) mass is 170 g/mol. The van der Waals surface area contributed by atoms with E-state index in [-0.39, 0.29) is 0 Å². The standard InChI is InChI=1S/C10H22N2/c1-4-10(11)7-12(3)6-9-5-8(9)2/h8-10H,4-7,11H2,1-3H3. The van der Waals surface area contributed by atoms with Gasteiger partial charge in [0.25, 0.3) is 0 Å². The van der Waals surface area contributed by atoms with Gasteiger partial charge in [0, 0.05) is 19.1 Å². The fourth-order valence-electron chi connectivity index (χ4n) is 1.66. The summed E-state index contributed by atoms with van der Waals surface area (Å²) in [4.78, 5) is 2.38. The third-order valence-corrected chi connectivity index (χ3v) is 2.89. The minimum Gasteiger partial charge on any atom is -0.327 e. The molecule has 12 heavy (non-hydrogen) atoms. The molecule has 0 aromatic heterocycles. The van der Waals surface area contributed by atoms with Gasteiger partial charge in [-0.3, -0.25) is 0 Å². The minimum absolute atomic E-state index is 0.365. The van der Waals surface area contributed by atoms with Gasteiger partial charge in [-0.1, -0.05) is 13.8 Å². The molecule has 0 aromatic rings. The lowest BCUT2D eigenvalue weighted by Gasteiger charge is -2.20. The highest BCUT2D eigenvalue weighted by Crippen LogP contribution is 2.37. The van der Waals surface area contributed by atoms with Crippen molar-refractivity contribution in [2.75, 3.05) is 20.1 Å². The molecule has 2 heteroatoms. The average Bonchev–Trinajstić information content (AvgIpc) is 2.66. The van der Waals surface area contributed by atoms with Crippen molar-refractivity contribution in [3.63, 3.8) is 0 Å². The molecular weight excluding hydrogens is 148 g/mol. The van der Waals surface area contributed by atoms with E-state index >= 15 is 0 Å². The van der Waals surface area contributed by atoms with Crippen LogP contribution >= 0.6 is 0 Å². The molecule has 2 N–H and O–H groups in total. The van der Waals surface area contributed by atoms with E-state index in [1.807, 2.05) is 0 Å². The summed E-state index contributed by atoms with van der Waals surface area (Å²) in [7, 11) is 2.18. The molecule has 1 aliphatic carbocycles. The molecule has 1 fully saturated rings. The van der Waals surface area contributed by atoms with Gasteiger partial charge in [0.05, 0.1) is 0 Å². The normalized spacial score (nSPS) is 30.8. The molecule has 3 atom stereocenters. The van der Waals surface area contributed by atoms with E-state index in [2.05, 4.69) is 25.8 Å².